The van der Waals surface area contributed by atoms with Crippen LogP contribution >= 0.6 is 0 Å². The zero-order valence-electron chi connectivity index (χ0n) is 21.9. The number of hydrogen-bond acceptors (Lipinski definition) is 7. The van der Waals surface area contributed by atoms with Crippen molar-refractivity contribution in [1.29, 1.82) is 0 Å². The van der Waals surface area contributed by atoms with Crippen LogP contribution in [-0.2, 0) is 27.1 Å². The van der Waals surface area contributed by atoms with Gasteiger partial charge < -0.3 is 14.2 Å². The number of fused-ring (bicyclic) bond motifs is 2. The third-order valence-corrected chi connectivity index (χ3v) is 6.61. The second-order valence-corrected chi connectivity index (χ2v) is 9.07. The first-order chi connectivity index (χ1) is 18.4. The molecule has 0 saturated carbocycles. The van der Waals surface area contributed by atoms with Crippen LogP contribution in [0.5, 0.6) is 5.75 Å². The molecule has 8 heteroatoms. The zero-order valence-corrected chi connectivity index (χ0v) is 21.9. The molecule has 1 aromatic carbocycles. The maximum Gasteiger partial charge on any atom is 0.513 e. The molecule has 2 amide bonds. The third kappa shape index (κ3) is 5.25. The van der Waals surface area contributed by atoms with Crippen LogP contribution in [0, 0.1) is 0 Å². The number of rotatable bonds is 10. The van der Waals surface area contributed by atoms with Gasteiger partial charge in [-0.3, -0.25) is 14.4 Å². The Balaban J connectivity index is 1.92. The molecule has 0 saturated heterocycles. The van der Waals surface area contributed by atoms with Crippen LogP contribution in [-0.4, -0.2) is 37.7 Å². The van der Waals surface area contributed by atoms with E-state index in [1.54, 1.807) is 49.4 Å². The molecule has 38 heavy (non-hydrogen) atoms. The average Bonchev–Trinajstić information content (AvgIpc) is 3.21. The number of imide groups is 1. The highest BCUT2D eigenvalue weighted by molar-refractivity contribution is 6.35. The number of ether oxygens (including phenoxy) is 3. The van der Waals surface area contributed by atoms with Gasteiger partial charge in [0.05, 0.1) is 37.0 Å². The zero-order chi connectivity index (χ0) is 27.2. The fourth-order valence-corrected chi connectivity index (χ4v) is 4.77. The molecule has 0 radical (unpaired) electrons. The maximum absolute atomic E-state index is 13.5. The summed E-state index contributed by atoms with van der Waals surface area (Å²) in [6, 6.07) is 13.8. The van der Waals surface area contributed by atoms with Crippen molar-refractivity contribution in [2.75, 3.05) is 18.6 Å². The number of unbranched alkanes of at least 4 members (excludes halogenated alkanes) is 3. The van der Waals surface area contributed by atoms with Gasteiger partial charge in [-0.25, -0.2) is 9.69 Å². The molecule has 0 spiro atoms. The summed E-state index contributed by atoms with van der Waals surface area (Å²) in [6.45, 7) is 3.88. The smallest absolute Gasteiger partial charge is 0.469 e. The lowest BCUT2D eigenvalue weighted by Crippen LogP contribution is -2.30. The van der Waals surface area contributed by atoms with Crippen LogP contribution in [0.1, 0.15) is 71.4 Å². The summed E-state index contributed by atoms with van der Waals surface area (Å²) in [5.74, 6) is -1.25. The van der Waals surface area contributed by atoms with Gasteiger partial charge in [0, 0.05) is 5.56 Å². The number of carbonyl (C=O) groups excluding carboxylic acids is 4. The largest absolute Gasteiger partial charge is 0.513 e. The standard InChI is InChI=1S/C30H31NO7/c1-4-6-7-8-11-21-20-16-14-19(18-25(32)36-3)15-17-22(20)27(38-30(35)37-5-2)26(21)31-28(33)23-12-9-10-13-24(23)29(31)34/h9-10,12-17H,4-8,11,18H2,1-3H3. The van der Waals surface area contributed by atoms with Crippen molar-refractivity contribution in [3.8, 4) is 16.9 Å². The Labute approximate surface area is 221 Å². The second kappa shape index (κ2) is 11.9. The van der Waals surface area contributed by atoms with Gasteiger partial charge >= 0.3 is 12.1 Å². The van der Waals surface area contributed by atoms with Crippen LogP contribution in [0.2, 0.25) is 0 Å². The summed E-state index contributed by atoms with van der Waals surface area (Å²) in [7, 11) is 1.33. The Bertz CT molecular complexity index is 1310. The quantitative estimate of drug-likeness (QED) is 0.186. The molecule has 2 aliphatic carbocycles. The van der Waals surface area contributed by atoms with Gasteiger partial charge in [-0.1, -0.05) is 62.6 Å². The normalized spacial score (nSPS) is 12.6. The van der Waals surface area contributed by atoms with Crippen molar-refractivity contribution in [2.45, 2.75) is 52.4 Å². The lowest BCUT2D eigenvalue weighted by molar-refractivity contribution is -0.139. The van der Waals surface area contributed by atoms with Crippen LogP contribution in [0.3, 0.4) is 0 Å². The maximum atomic E-state index is 13.5. The van der Waals surface area contributed by atoms with Gasteiger partial charge in [0.1, 0.15) is 0 Å². The average molecular weight is 518 g/mol. The summed E-state index contributed by atoms with van der Waals surface area (Å²) >= 11 is 0. The molecule has 0 N–H and O–H groups in total. The Morgan fingerprint density at radius 3 is 2.08 bits per heavy atom. The summed E-state index contributed by atoms with van der Waals surface area (Å²) in [5.41, 5.74) is 3.55. The van der Waals surface area contributed by atoms with E-state index in [-0.39, 0.29) is 30.4 Å². The van der Waals surface area contributed by atoms with Gasteiger partial charge in [-0.15, -0.1) is 0 Å². The molecule has 0 unspecified atom stereocenters. The fourth-order valence-electron chi connectivity index (χ4n) is 4.77. The van der Waals surface area contributed by atoms with Crippen molar-refractivity contribution in [2.24, 2.45) is 0 Å². The van der Waals surface area contributed by atoms with E-state index in [0.29, 0.717) is 28.7 Å². The second-order valence-electron chi connectivity index (χ2n) is 9.07. The van der Waals surface area contributed by atoms with Crippen molar-refractivity contribution >= 4 is 29.6 Å². The molecule has 1 aliphatic heterocycles. The summed E-state index contributed by atoms with van der Waals surface area (Å²) in [5, 5.41) is 0. The number of amides is 2. The number of anilines is 1. The van der Waals surface area contributed by atoms with Gasteiger partial charge in [0.2, 0.25) is 0 Å². The number of carbonyl (C=O) groups is 4. The molecule has 198 valence electrons. The van der Waals surface area contributed by atoms with E-state index < -0.39 is 18.0 Å². The molecular formula is C30H31NO7. The van der Waals surface area contributed by atoms with Gasteiger partial charge in [0.25, 0.3) is 11.8 Å². The summed E-state index contributed by atoms with van der Waals surface area (Å²) < 4.78 is 15.6. The Morgan fingerprint density at radius 1 is 0.816 bits per heavy atom. The molecule has 8 nitrogen and oxygen atoms in total. The van der Waals surface area contributed by atoms with Crippen molar-refractivity contribution < 1.29 is 33.4 Å². The number of hydrogen-bond donors (Lipinski definition) is 0. The van der Waals surface area contributed by atoms with E-state index in [9.17, 15) is 19.2 Å². The van der Waals surface area contributed by atoms with Crippen LogP contribution < -0.4 is 9.64 Å². The van der Waals surface area contributed by atoms with Gasteiger partial charge in [0.15, 0.2) is 5.75 Å². The molecular weight excluding hydrogens is 486 g/mol. The van der Waals surface area contributed by atoms with Crippen LogP contribution in [0.4, 0.5) is 10.5 Å². The number of methoxy groups -OCH3 is 1. The predicted molar refractivity (Wildman–Crippen MR) is 142 cm³/mol. The van der Waals surface area contributed by atoms with E-state index >= 15 is 0 Å². The van der Waals surface area contributed by atoms with Crippen LogP contribution in [0.25, 0.3) is 11.1 Å². The van der Waals surface area contributed by atoms with Crippen LogP contribution in [0.15, 0.2) is 48.5 Å². The first-order valence-corrected chi connectivity index (χ1v) is 12.9. The highest BCUT2D eigenvalue weighted by Gasteiger charge is 2.42. The minimum atomic E-state index is -0.934. The Kier molecular flexibility index (Phi) is 8.41. The molecule has 1 aromatic rings. The number of esters is 1. The fraction of sp³-hybridized carbons (Fsp3) is 0.333. The third-order valence-electron chi connectivity index (χ3n) is 6.61. The van der Waals surface area contributed by atoms with Gasteiger partial charge in [-0.05, 0) is 48.6 Å². The minimum absolute atomic E-state index is 0.0684. The predicted octanol–water partition coefficient (Wildman–Crippen LogP) is 5.97. The SMILES string of the molecule is CCCCCCc1c2ccc(CC(=O)OC)ccc-2c(OC(=O)OCC)c1N1C(=O)c2ccccc2C1=O. The first kappa shape index (κ1) is 26.9. The van der Waals surface area contributed by atoms with Crippen molar-refractivity contribution in [3.05, 3.63) is 70.8 Å². The molecule has 0 fully saturated rings. The first-order valence-electron chi connectivity index (χ1n) is 12.9. The highest BCUT2D eigenvalue weighted by Crippen LogP contribution is 2.51. The Morgan fingerprint density at radius 2 is 1.47 bits per heavy atom. The van der Waals surface area contributed by atoms with E-state index in [0.717, 1.165) is 41.7 Å². The number of nitrogens with zero attached hydrogens (tertiary/aromatic N) is 1. The monoisotopic (exact) mass is 517 g/mol. The van der Waals surface area contributed by atoms with E-state index in [1.807, 2.05) is 6.07 Å². The van der Waals surface area contributed by atoms with Crippen molar-refractivity contribution in [1.82, 2.24) is 0 Å². The van der Waals surface area contributed by atoms with E-state index in [1.165, 1.54) is 7.11 Å². The minimum Gasteiger partial charge on any atom is -0.469 e. The molecule has 0 atom stereocenters. The molecule has 0 bridgehead atoms. The van der Waals surface area contributed by atoms with Gasteiger partial charge in [-0.2, -0.15) is 0 Å². The molecule has 3 aliphatic rings. The summed E-state index contributed by atoms with van der Waals surface area (Å²) in [6.07, 6.45) is 3.57. The molecule has 1 heterocycles. The Hall–Kier alpha value is -4.20. The van der Waals surface area contributed by atoms with E-state index in [2.05, 4.69) is 6.92 Å². The molecule has 0 aromatic heterocycles. The lowest BCUT2D eigenvalue weighted by atomic mass is 10.0. The lowest BCUT2D eigenvalue weighted by Gasteiger charge is -2.18. The topological polar surface area (TPSA) is 99.2 Å². The van der Waals surface area contributed by atoms with Crippen molar-refractivity contribution in [3.63, 3.8) is 0 Å². The summed E-state index contributed by atoms with van der Waals surface area (Å²) in [4.78, 5) is 52.6. The van der Waals surface area contributed by atoms with E-state index in [4.69, 9.17) is 14.2 Å². The molecule has 4 rings (SSSR count). The highest BCUT2D eigenvalue weighted by atomic mass is 16.7. The number of benzene rings is 1.